The summed E-state index contributed by atoms with van der Waals surface area (Å²) in [6.45, 7) is 6.83. The zero-order chi connectivity index (χ0) is 24.4. The highest BCUT2D eigenvalue weighted by Crippen LogP contribution is 2.46. The topological polar surface area (TPSA) is 34.9 Å². The normalized spacial score (nSPS) is 17.5. The Hall–Kier alpha value is -3.46. The minimum atomic E-state index is -0.0203. The van der Waals surface area contributed by atoms with Crippen molar-refractivity contribution < 1.29 is 4.79 Å². The second-order valence-corrected chi connectivity index (χ2v) is 10.2. The van der Waals surface area contributed by atoms with Crippen molar-refractivity contribution in [2.45, 2.75) is 57.8 Å². The van der Waals surface area contributed by atoms with Crippen LogP contribution in [0.2, 0.25) is 0 Å². The van der Waals surface area contributed by atoms with Gasteiger partial charge in [0.1, 0.15) is 0 Å². The Labute approximate surface area is 208 Å². The molecule has 1 aliphatic rings. The first-order chi connectivity index (χ1) is 17.0. The van der Waals surface area contributed by atoms with Gasteiger partial charge in [0.15, 0.2) is 0 Å². The van der Waals surface area contributed by atoms with Crippen LogP contribution in [0.3, 0.4) is 0 Å². The number of hydrogen-bond donors (Lipinski definition) is 0. The number of benzene rings is 3. The smallest absolute Gasteiger partial charge is 0.248 e. The van der Waals surface area contributed by atoms with E-state index < -0.39 is 0 Å². The number of carbonyl (C=O) groups is 1. The summed E-state index contributed by atoms with van der Waals surface area (Å²) in [7, 11) is 0. The van der Waals surface area contributed by atoms with Crippen molar-refractivity contribution in [3.8, 4) is 11.3 Å². The number of carbonyl (C=O) groups excluding carboxylic acids is 1. The third kappa shape index (κ3) is 4.60. The first-order valence-corrected chi connectivity index (χ1v) is 12.9. The van der Waals surface area contributed by atoms with Gasteiger partial charge in [-0.1, -0.05) is 112 Å². The molecule has 3 heteroatoms. The molecule has 0 spiro atoms. The fraction of sp³-hybridized carbons (Fsp3) is 0.312. The highest BCUT2D eigenvalue weighted by atomic mass is 16.2. The number of nitrogens with zero attached hydrogens (tertiary/aromatic N) is 2. The number of fused-ring (bicyclic) bond motifs is 1. The van der Waals surface area contributed by atoms with Gasteiger partial charge < -0.3 is 0 Å². The van der Waals surface area contributed by atoms with Crippen molar-refractivity contribution in [2.24, 2.45) is 5.92 Å². The molecule has 1 aliphatic carbocycles. The third-order valence-corrected chi connectivity index (χ3v) is 7.58. The van der Waals surface area contributed by atoms with Gasteiger partial charge in [-0.2, -0.15) is 9.78 Å². The van der Waals surface area contributed by atoms with Crippen molar-refractivity contribution >= 4 is 5.91 Å². The van der Waals surface area contributed by atoms with Crippen molar-refractivity contribution in [1.29, 1.82) is 0 Å². The van der Waals surface area contributed by atoms with E-state index in [1.807, 2.05) is 54.6 Å². The first kappa shape index (κ1) is 23.3. The molecule has 0 fully saturated rings. The summed E-state index contributed by atoms with van der Waals surface area (Å²) in [6, 6.07) is 31.1. The molecule has 0 aliphatic heterocycles. The Balaban J connectivity index is 1.62. The Morgan fingerprint density at radius 3 is 1.94 bits per heavy atom. The summed E-state index contributed by atoms with van der Waals surface area (Å²) in [5, 5.41) is 5.09. The largest absolute Gasteiger partial charge is 0.273 e. The standard InChI is InChI=1S/C32H34N2O/c1-22(2)27-20-19-23(3)30-31(27)33-34(32(30)26-17-11-6-12-18-26)29(35)21-28(24-13-7-4-8-14-24)25-15-9-5-10-16-25/h4-18,22-23,27-28H,19-21H2,1-3H3/t23-,27+/m1/s1. The van der Waals surface area contributed by atoms with Crippen molar-refractivity contribution in [1.82, 2.24) is 9.78 Å². The van der Waals surface area contributed by atoms with Gasteiger partial charge in [-0.15, -0.1) is 0 Å². The maximum Gasteiger partial charge on any atom is 0.248 e. The molecule has 3 nitrogen and oxygen atoms in total. The fourth-order valence-electron chi connectivity index (χ4n) is 5.68. The molecule has 0 saturated heterocycles. The molecular formula is C32H34N2O. The second kappa shape index (κ2) is 10.0. The lowest BCUT2D eigenvalue weighted by molar-refractivity contribution is 0.0882. The van der Waals surface area contributed by atoms with E-state index in [2.05, 4.69) is 57.2 Å². The summed E-state index contributed by atoms with van der Waals surface area (Å²) in [5.41, 5.74) is 6.76. The summed E-state index contributed by atoms with van der Waals surface area (Å²) in [6.07, 6.45) is 2.63. The molecule has 0 saturated carbocycles. The Kier molecular flexibility index (Phi) is 6.68. The van der Waals surface area contributed by atoms with Gasteiger partial charge in [-0.25, -0.2) is 0 Å². The molecule has 0 unspecified atom stereocenters. The average Bonchev–Trinajstić information content (AvgIpc) is 3.30. The molecule has 178 valence electrons. The molecule has 0 amide bonds. The molecule has 0 N–H and O–H groups in total. The molecular weight excluding hydrogens is 428 g/mol. The second-order valence-electron chi connectivity index (χ2n) is 10.2. The Bertz CT molecular complexity index is 1240. The minimum absolute atomic E-state index is 0.0203. The van der Waals surface area contributed by atoms with Gasteiger partial charge in [0, 0.05) is 29.4 Å². The average molecular weight is 463 g/mol. The number of aromatic nitrogens is 2. The van der Waals surface area contributed by atoms with Crippen LogP contribution < -0.4 is 0 Å². The van der Waals surface area contributed by atoms with Crippen LogP contribution in [0.4, 0.5) is 0 Å². The van der Waals surface area contributed by atoms with Gasteiger partial charge in [0.25, 0.3) is 0 Å². The predicted molar refractivity (Wildman–Crippen MR) is 143 cm³/mol. The molecule has 0 bridgehead atoms. The number of hydrogen-bond acceptors (Lipinski definition) is 2. The molecule has 35 heavy (non-hydrogen) atoms. The van der Waals surface area contributed by atoms with E-state index >= 15 is 0 Å². The van der Waals surface area contributed by atoms with E-state index in [0.717, 1.165) is 40.9 Å². The van der Waals surface area contributed by atoms with Gasteiger partial charge in [-0.3, -0.25) is 4.79 Å². The van der Waals surface area contributed by atoms with Crippen molar-refractivity contribution in [2.75, 3.05) is 0 Å². The predicted octanol–water partition coefficient (Wildman–Crippen LogP) is 8.05. The van der Waals surface area contributed by atoms with Crippen LogP contribution in [0.25, 0.3) is 11.3 Å². The minimum Gasteiger partial charge on any atom is -0.273 e. The quantitative estimate of drug-likeness (QED) is 0.290. The lowest BCUT2D eigenvalue weighted by Crippen LogP contribution is -2.19. The summed E-state index contributed by atoms with van der Waals surface area (Å²) in [4.78, 5) is 14.1. The van der Waals surface area contributed by atoms with Crippen LogP contribution in [0.15, 0.2) is 91.0 Å². The van der Waals surface area contributed by atoms with E-state index in [1.54, 1.807) is 4.68 Å². The molecule has 5 rings (SSSR count). The lowest BCUT2D eigenvalue weighted by atomic mass is 9.75. The molecule has 0 radical (unpaired) electrons. The Morgan fingerprint density at radius 2 is 1.40 bits per heavy atom. The highest BCUT2D eigenvalue weighted by Gasteiger charge is 2.35. The van der Waals surface area contributed by atoms with Crippen LogP contribution >= 0.6 is 0 Å². The molecule has 1 heterocycles. The van der Waals surface area contributed by atoms with Gasteiger partial charge >= 0.3 is 0 Å². The molecule has 4 aromatic rings. The third-order valence-electron chi connectivity index (χ3n) is 7.58. The summed E-state index contributed by atoms with van der Waals surface area (Å²) >= 11 is 0. The maximum atomic E-state index is 14.1. The summed E-state index contributed by atoms with van der Waals surface area (Å²) in [5.74, 6) is 1.29. The van der Waals surface area contributed by atoms with E-state index in [-0.39, 0.29) is 11.8 Å². The number of rotatable bonds is 6. The van der Waals surface area contributed by atoms with Crippen LogP contribution in [-0.2, 0) is 0 Å². The SMILES string of the molecule is CC(C)[C@@H]1CC[C@@H](C)c2c1nn(C(=O)CC(c1ccccc1)c1ccccc1)c2-c1ccccc1. The van der Waals surface area contributed by atoms with Crippen molar-refractivity contribution in [3.63, 3.8) is 0 Å². The fourth-order valence-corrected chi connectivity index (χ4v) is 5.68. The van der Waals surface area contributed by atoms with Crippen LogP contribution in [0.5, 0.6) is 0 Å². The highest BCUT2D eigenvalue weighted by molar-refractivity contribution is 5.86. The van der Waals surface area contributed by atoms with Gasteiger partial charge in [0.05, 0.1) is 11.4 Å². The van der Waals surface area contributed by atoms with E-state index in [1.165, 1.54) is 5.56 Å². The van der Waals surface area contributed by atoms with Crippen molar-refractivity contribution in [3.05, 3.63) is 113 Å². The van der Waals surface area contributed by atoms with E-state index in [4.69, 9.17) is 5.10 Å². The Morgan fingerprint density at radius 1 is 0.857 bits per heavy atom. The lowest BCUT2D eigenvalue weighted by Gasteiger charge is -2.28. The monoisotopic (exact) mass is 462 g/mol. The molecule has 2 atom stereocenters. The molecule has 3 aromatic carbocycles. The van der Waals surface area contributed by atoms with E-state index in [0.29, 0.717) is 24.2 Å². The van der Waals surface area contributed by atoms with Gasteiger partial charge in [0.2, 0.25) is 5.91 Å². The first-order valence-electron chi connectivity index (χ1n) is 12.9. The van der Waals surface area contributed by atoms with Crippen LogP contribution in [0, 0.1) is 5.92 Å². The summed E-state index contributed by atoms with van der Waals surface area (Å²) < 4.78 is 1.75. The van der Waals surface area contributed by atoms with Crippen LogP contribution in [0.1, 0.15) is 85.0 Å². The zero-order valence-electron chi connectivity index (χ0n) is 20.9. The molecule has 1 aromatic heterocycles. The van der Waals surface area contributed by atoms with Gasteiger partial charge in [-0.05, 0) is 35.8 Å². The van der Waals surface area contributed by atoms with Crippen LogP contribution in [-0.4, -0.2) is 15.7 Å². The van der Waals surface area contributed by atoms with E-state index in [9.17, 15) is 4.79 Å². The zero-order valence-corrected chi connectivity index (χ0v) is 20.9. The maximum absolute atomic E-state index is 14.1.